The van der Waals surface area contributed by atoms with E-state index in [1.165, 1.54) is 6.08 Å². The van der Waals surface area contributed by atoms with Gasteiger partial charge in [0.2, 0.25) is 0 Å². The van der Waals surface area contributed by atoms with Crippen LogP contribution in [0.15, 0.2) is 11.8 Å². The topological polar surface area (TPSA) is 84.9 Å². The lowest BCUT2D eigenvalue weighted by atomic mass is 10.0. The van der Waals surface area contributed by atoms with Gasteiger partial charge in [-0.05, 0) is 39.7 Å². The van der Waals surface area contributed by atoms with Crippen molar-refractivity contribution in [3.63, 3.8) is 0 Å². The summed E-state index contributed by atoms with van der Waals surface area (Å²) in [6.45, 7) is 6.32. The van der Waals surface area contributed by atoms with Gasteiger partial charge in [-0.25, -0.2) is 9.59 Å². The van der Waals surface area contributed by atoms with Gasteiger partial charge in [-0.3, -0.25) is 5.32 Å². The number of aliphatic carboxylic acids is 1. The highest BCUT2D eigenvalue weighted by atomic mass is 16.6. The van der Waals surface area contributed by atoms with Gasteiger partial charge < -0.3 is 14.6 Å². The van der Waals surface area contributed by atoms with Gasteiger partial charge in [0.25, 0.3) is 0 Å². The second-order valence-corrected chi connectivity index (χ2v) is 5.49. The number of nitrogens with one attached hydrogen (secondary N) is 1. The maximum absolute atomic E-state index is 11.5. The molecule has 1 aliphatic rings. The van der Waals surface area contributed by atoms with Crippen molar-refractivity contribution in [1.82, 2.24) is 5.32 Å². The van der Waals surface area contributed by atoms with E-state index in [2.05, 4.69) is 5.32 Å². The fourth-order valence-electron chi connectivity index (χ4n) is 1.71. The zero-order valence-corrected chi connectivity index (χ0v) is 11.6. The molecule has 1 heterocycles. The molecule has 1 saturated heterocycles. The van der Waals surface area contributed by atoms with E-state index in [9.17, 15) is 9.59 Å². The number of alkyl carbamates (subject to hydrolysis) is 1. The Bertz CT molecular complexity index is 364. The Morgan fingerprint density at radius 2 is 2.11 bits per heavy atom. The van der Waals surface area contributed by atoms with Gasteiger partial charge in [-0.15, -0.1) is 0 Å². The van der Waals surface area contributed by atoms with E-state index < -0.39 is 17.7 Å². The molecule has 1 unspecified atom stereocenters. The molecule has 1 amide bonds. The zero-order valence-electron chi connectivity index (χ0n) is 11.6. The van der Waals surface area contributed by atoms with Crippen molar-refractivity contribution >= 4 is 12.1 Å². The summed E-state index contributed by atoms with van der Waals surface area (Å²) in [7, 11) is 0. The average molecular weight is 271 g/mol. The molecule has 6 heteroatoms. The summed E-state index contributed by atoms with van der Waals surface area (Å²) in [5.41, 5.74) is -0.827. The largest absolute Gasteiger partial charge is 0.477 e. The lowest BCUT2D eigenvalue weighted by Gasteiger charge is -2.21. The summed E-state index contributed by atoms with van der Waals surface area (Å²) in [4.78, 5) is 22.6. The Balaban J connectivity index is 2.64. The van der Waals surface area contributed by atoms with Crippen LogP contribution in [0.5, 0.6) is 0 Å². The number of carbonyl (C=O) groups is 2. The molecule has 1 rings (SSSR count). The number of carboxylic acid groups (broad SMARTS) is 1. The number of hydrogen-bond acceptors (Lipinski definition) is 4. The molecule has 6 nitrogen and oxygen atoms in total. The fraction of sp³-hybridized carbons (Fsp3) is 0.692. The number of carbonyl (C=O) groups excluding carboxylic acids is 1. The molecular weight excluding hydrogens is 250 g/mol. The molecular formula is C13H21NO5. The molecule has 2 N–H and O–H groups in total. The van der Waals surface area contributed by atoms with E-state index in [0.717, 1.165) is 12.8 Å². The van der Waals surface area contributed by atoms with Crippen LogP contribution >= 0.6 is 0 Å². The van der Waals surface area contributed by atoms with E-state index in [1.54, 1.807) is 20.8 Å². The monoisotopic (exact) mass is 271 g/mol. The highest BCUT2D eigenvalue weighted by Gasteiger charge is 2.21. The van der Waals surface area contributed by atoms with Gasteiger partial charge in [-0.2, -0.15) is 0 Å². The molecule has 0 aromatic carbocycles. The Kier molecular flexibility index (Phi) is 5.35. The molecule has 0 aliphatic carbocycles. The fourth-order valence-corrected chi connectivity index (χ4v) is 1.71. The maximum Gasteiger partial charge on any atom is 0.412 e. The third-order valence-corrected chi connectivity index (χ3v) is 2.46. The number of amides is 1. The van der Waals surface area contributed by atoms with Gasteiger partial charge in [0.15, 0.2) is 0 Å². The van der Waals surface area contributed by atoms with Gasteiger partial charge >= 0.3 is 12.1 Å². The molecule has 0 saturated carbocycles. The van der Waals surface area contributed by atoms with Crippen LogP contribution in [0.25, 0.3) is 0 Å². The first-order valence-electron chi connectivity index (χ1n) is 6.31. The van der Waals surface area contributed by atoms with Crippen LogP contribution in [0.1, 0.15) is 33.6 Å². The lowest BCUT2D eigenvalue weighted by molar-refractivity contribution is -0.133. The molecule has 1 aliphatic heterocycles. The highest BCUT2D eigenvalue weighted by molar-refractivity contribution is 5.90. The van der Waals surface area contributed by atoms with E-state index in [1.807, 2.05) is 0 Å². The standard InChI is InChI=1S/C13H21NO5/c1-13(2,3)19-12(17)14-10(11(15)16)7-9-5-4-6-18-8-9/h7,9H,4-6,8H2,1-3H3,(H,14,17)(H,15,16)/b10-7-. The molecule has 1 atom stereocenters. The Morgan fingerprint density at radius 3 is 2.58 bits per heavy atom. The summed E-state index contributed by atoms with van der Waals surface area (Å²) >= 11 is 0. The third-order valence-electron chi connectivity index (χ3n) is 2.46. The Hall–Kier alpha value is -1.56. The predicted molar refractivity (Wildman–Crippen MR) is 68.6 cm³/mol. The molecule has 0 aromatic heterocycles. The first-order valence-corrected chi connectivity index (χ1v) is 6.31. The number of hydrogen-bond donors (Lipinski definition) is 2. The number of rotatable bonds is 3. The van der Waals surface area contributed by atoms with Crippen molar-refractivity contribution in [3.8, 4) is 0 Å². The maximum atomic E-state index is 11.5. The van der Waals surface area contributed by atoms with Crippen molar-refractivity contribution < 1.29 is 24.2 Å². The van der Waals surface area contributed by atoms with Gasteiger partial charge in [0.05, 0.1) is 6.61 Å². The van der Waals surface area contributed by atoms with Crippen LogP contribution in [0.4, 0.5) is 4.79 Å². The minimum Gasteiger partial charge on any atom is -0.477 e. The van der Waals surface area contributed by atoms with Crippen molar-refractivity contribution in [1.29, 1.82) is 0 Å². The second-order valence-electron chi connectivity index (χ2n) is 5.49. The molecule has 0 spiro atoms. The summed E-state index contributed by atoms with van der Waals surface area (Å²) < 4.78 is 10.3. The first kappa shape index (κ1) is 15.5. The van der Waals surface area contributed by atoms with Crippen LogP contribution < -0.4 is 5.32 Å². The van der Waals surface area contributed by atoms with E-state index in [-0.39, 0.29) is 11.6 Å². The summed E-state index contributed by atoms with van der Waals surface area (Å²) in [5.74, 6) is -1.17. The normalized spacial score (nSPS) is 20.8. The van der Waals surface area contributed by atoms with Crippen molar-refractivity contribution in [2.24, 2.45) is 5.92 Å². The quantitative estimate of drug-likeness (QED) is 0.766. The highest BCUT2D eigenvalue weighted by Crippen LogP contribution is 2.16. The lowest BCUT2D eigenvalue weighted by Crippen LogP contribution is -2.34. The van der Waals surface area contributed by atoms with Gasteiger partial charge in [-0.1, -0.05) is 0 Å². The van der Waals surface area contributed by atoms with Crippen LogP contribution in [0.3, 0.4) is 0 Å². The van der Waals surface area contributed by atoms with Crippen LogP contribution in [0, 0.1) is 5.92 Å². The molecule has 108 valence electrons. The summed E-state index contributed by atoms with van der Waals surface area (Å²) in [5, 5.41) is 11.3. The molecule has 19 heavy (non-hydrogen) atoms. The first-order chi connectivity index (χ1) is 8.78. The number of ether oxygens (including phenoxy) is 2. The molecule has 1 fully saturated rings. The van der Waals surface area contributed by atoms with Crippen LogP contribution in [0.2, 0.25) is 0 Å². The zero-order chi connectivity index (χ0) is 14.5. The predicted octanol–water partition coefficient (Wildman–Crippen LogP) is 1.91. The van der Waals surface area contributed by atoms with Crippen molar-refractivity contribution in [3.05, 3.63) is 11.8 Å². The average Bonchev–Trinajstić information content (AvgIpc) is 2.26. The second kappa shape index (κ2) is 6.56. The molecule has 0 radical (unpaired) electrons. The smallest absolute Gasteiger partial charge is 0.412 e. The van der Waals surface area contributed by atoms with Crippen molar-refractivity contribution in [2.75, 3.05) is 13.2 Å². The molecule has 0 aromatic rings. The van der Waals surface area contributed by atoms with Gasteiger partial charge in [0, 0.05) is 12.5 Å². The van der Waals surface area contributed by atoms with E-state index in [0.29, 0.717) is 13.2 Å². The van der Waals surface area contributed by atoms with E-state index in [4.69, 9.17) is 14.6 Å². The minimum absolute atomic E-state index is 0.00906. The Labute approximate surface area is 112 Å². The summed E-state index contributed by atoms with van der Waals surface area (Å²) in [6.07, 6.45) is 2.50. The molecule has 0 bridgehead atoms. The van der Waals surface area contributed by atoms with Crippen LogP contribution in [-0.4, -0.2) is 36.0 Å². The Morgan fingerprint density at radius 1 is 1.42 bits per heavy atom. The van der Waals surface area contributed by atoms with E-state index >= 15 is 0 Å². The minimum atomic E-state index is -1.18. The van der Waals surface area contributed by atoms with Crippen molar-refractivity contribution in [2.45, 2.75) is 39.2 Å². The van der Waals surface area contributed by atoms with Gasteiger partial charge in [0.1, 0.15) is 11.3 Å². The SMILES string of the molecule is CC(C)(C)OC(=O)N/C(=C\C1CCCOC1)C(=O)O. The summed E-state index contributed by atoms with van der Waals surface area (Å²) in [6, 6.07) is 0. The third kappa shape index (κ3) is 6.24. The van der Waals surface area contributed by atoms with Crippen LogP contribution in [-0.2, 0) is 14.3 Å². The number of carboxylic acids is 1.